The maximum atomic E-state index is 13.3. The van der Waals surface area contributed by atoms with E-state index >= 15 is 0 Å². The van der Waals surface area contributed by atoms with Gasteiger partial charge in [-0.05, 0) is 35.9 Å². The SMILES string of the molecule is COc1ccc(CC(=O)OCC(=O)c2cc(F)ccc2OC)cc1OC. The molecule has 0 spiro atoms. The fraction of sp³-hybridized carbons (Fsp3) is 0.263. The Morgan fingerprint density at radius 1 is 0.885 bits per heavy atom. The Bertz CT molecular complexity index is 803. The summed E-state index contributed by atoms with van der Waals surface area (Å²) in [5, 5.41) is 0. The average Bonchev–Trinajstić information content (AvgIpc) is 2.65. The number of methoxy groups -OCH3 is 3. The normalized spacial score (nSPS) is 10.2. The second-order valence-corrected chi connectivity index (χ2v) is 5.29. The van der Waals surface area contributed by atoms with Gasteiger partial charge in [-0.1, -0.05) is 6.07 Å². The van der Waals surface area contributed by atoms with Crippen LogP contribution < -0.4 is 14.2 Å². The number of ketones is 1. The second-order valence-electron chi connectivity index (χ2n) is 5.29. The summed E-state index contributed by atoms with van der Waals surface area (Å²) in [6.07, 6.45) is -0.0477. The van der Waals surface area contributed by atoms with Crippen molar-refractivity contribution in [1.82, 2.24) is 0 Å². The van der Waals surface area contributed by atoms with Crippen LogP contribution in [-0.2, 0) is 16.0 Å². The predicted octanol–water partition coefficient (Wildman–Crippen LogP) is 2.82. The minimum absolute atomic E-state index is 0.0198. The molecule has 0 aromatic heterocycles. The lowest BCUT2D eigenvalue weighted by Gasteiger charge is -2.10. The lowest BCUT2D eigenvalue weighted by Crippen LogP contribution is -2.16. The number of halogens is 1. The molecule has 2 rings (SSSR count). The Kier molecular flexibility index (Phi) is 6.54. The Hall–Kier alpha value is -3.09. The maximum absolute atomic E-state index is 13.3. The van der Waals surface area contributed by atoms with Crippen LogP contribution in [0.4, 0.5) is 4.39 Å². The van der Waals surface area contributed by atoms with Crippen LogP contribution in [0.25, 0.3) is 0 Å². The quantitative estimate of drug-likeness (QED) is 0.531. The molecule has 6 nitrogen and oxygen atoms in total. The molecule has 0 heterocycles. The van der Waals surface area contributed by atoms with Gasteiger partial charge in [0.25, 0.3) is 0 Å². The predicted molar refractivity (Wildman–Crippen MR) is 91.5 cm³/mol. The molecule has 138 valence electrons. The number of hydrogen-bond donors (Lipinski definition) is 0. The first kappa shape index (κ1) is 19.2. The van der Waals surface area contributed by atoms with Crippen molar-refractivity contribution < 1.29 is 32.9 Å². The zero-order valence-corrected chi connectivity index (χ0v) is 14.7. The van der Waals surface area contributed by atoms with E-state index in [0.29, 0.717) is 17.1 Å². The Morgan fingerprint density at radius 3 is 2.19 bits per heavy atom. The average molecular weight is 362 g/mol. The lowest BCUT2D eigenvalue weighted by molar-refractivity contribution is -0.141. The highest BCUT2D eigenvalue weighted by atomic mass is 19.1. The van der Waals surface area contributed by atoms with E-state index in [4.69, 9.17) is 18.9 Å². The standard InChI is InChI=1S/C19H19FO6/c1-23-16-7-5-13(20)10-14(16)15(21)11-26-19(22)9-12-4-6-17(24-2)18(8-12)25-3/h4-8,10H,9,11H2,1-3H3. The van der Waals surface area contributed by atoms with Gasteiger partial charge in [0.15, 0.2) is 18.1 Å². The van der Waals surface area contributed by atoms with Gasteiger partial charge in [-0.3, -0.25) is 9.59 Å². The van der Waals surface area contributed by atoms with Gasteiger partial charge in [0, 0.05) is 0 Å². The van der Waals surface area contributed by atoms with Crippen molar-refractivity contribution in [2.75, 3.05) is 27.9 Å². The van der Waals surface area contributed by atoms with Gasteiger partial charge in [-0.25, -0.2) is 4.39 Å². The minimum atomic E-state index is -0.596. The summed E-state index contributed by atoms with van der Waals surface area (Å²) in [6, 6.07) is 8.58. The molecule has 0 unspecified atom stereocenters. The van der Waals surface area contributed by atoms with Crippen molar-refractivity contribution in [3.8, 4) is 17.2 Å². The molecule has 0 saturated heterocycles. The minimum Gasteiger partial charge on any atom is -0.496 e. The number of esters is 1. The van der Waals surface area contributed by atoms with Crippen LogP contribution >= 0.6 is 0 Å². The second kappa shape index (κ2) is 8.84. The summed E-state index contributed by atoms with van der Waals surface area (Å²) in [4.78, 5) is 24.1. The van der Waals surface area contributed by atoms with Gasteiger partial charge in [0.1, 0.15) is 11.6 Å². The van der Waals surface area contributed by atoms with E-state index < -0.39 is 24.2 Å². The highest BCUT2D eigenvalue weighted by Crippen LogP contribution is 2.27. The van der Waals surface area contributed by atoms with Gasteiger partial charge in [-0.15, -0.1) is 0 Å². The number of hydrogen-bond acceptors (Lipinski definition) is 6. The maximum Gasteiger partial charge on any atom is 0.310 e. The molecule has 0 aliphatic rings. The first-order valence-corrected chi connectivity index (χ1v) is 7.71. The molecular weight excluding hydrogens is 343 g/mol. The van der Waals surface area contributed by atoms with Crippen molar-refractivity contribution in [2.45, 2.75) is 6.42 Å². The van der Waals surface area contributed by atoms with Gasteiger partial charge in [0.2, 0.25) is 5.78 Å². The van der Waals surface area contributed by atoms with Crippen molar-refractivity contribution >= 4 is 11.8 Å². The van der Waals surface area contributed by atoms with Crippen LogP contribution in [0.1, 0.15) is 15.9 Å². The summed E-state index contributed by atoms with van der Waals surface area (Å²) in [7, 11) is 4.37. The van der Waals surface area contributed by atoms with Crippen LogP contribution in [0.5, 0.6) is 17.2 Å². The van der Waals surface area contributed by atoms with Crippen LogP contribution in [-0.4, -0.2) is 39.7 Å². The smallest absolute Gasteiger partial charge is 0.310 e. The van der Waals surface area contributed by atoms with E-state index in [2.05, 4.69) is 0 Å². The number of Topliss-reactive ketones (excluding diaryl/α,β-unsaturated/α-hetero) is 1. The Morgan fingerprint density at radius 2 is 1.54 bits per heavy atom. The molecule has 2 aromatic carbocycles. The third kappa shape index (κ3) is 4.72. The summed E-state index contributed by atoms with van der Waals surface area (Å²) in [6.45, 7) is -0.508. The summed E-state index contributed by atoms with van der Waals surface area (Å²) < 4.78 is 33.6. The molecule has 0 fully saturated rings. The number of carbonyl (C=O) groups excluding carboxylic acids is 2. The van der Waals surface area contributed by atoms with E-state index in [1.54, 1.807) is 18.2 Å². The topological polar surface area (TPSA) is 71.1 Å². The van der Waals surface area contributed by atoms with Crippen molar-refractivity contribution in [2.24, 2.45) is 0 Å². The van der Waals surface area contributed by atoms with E-state index in [1.165, 1.54) is 33.5 Å². The van der Waals surface area contributed by atoms with Crippen LogP contribution in [0.2, 0.25) is 0 Å². The summed E-state index contributed by atoms with van der Waals surface area (Å²) >= 11 is 0. The molecular formula is C19H19FO6. The van der Waals surface area contributed by atoms with Crippen molar-refractivity contribution in [3.63, 3.8) is 0 Å². The Balaban J connectivity index is 1.99. The van der Waals surface area contributed by atoms with Gasteiger partial charge in [0.05, 0.1) is 33.3 Å². The monoisotopic (exact) mass is 362 g/mol. The Labute approximate surface area is 150 Å². The van der Waals surface area contributed by atoms with E-state index in [-0.39, 0.29) is 17.7 Å². The third-order valence-corrected chi connectivity index (χ3v) is 3.62. The molecule has 2 aromatic rings. The van der Waals surface area contributed by atoms with Gasteiger partial charge >= 0.3 is 5.97 Å². The molecule has 0 N–H and O–H groups in total. The number of benzene rings is 2. The van der Waals surface area contributed by atoms with Gasteiger partial charge in [-0.2, -0.15) is 0 Å². The number of carbonyl (C=O) groups is 2. The first-order valence-electron chi connectivity index (χ1n) is 7.71. The largest absolute Gasteiger partial charge is 0.496 e. The molecule has 0 amide bonds. The highest BCUT2D eigenvalue weighted by Gasteiger charge is 2.16. The fourth-order valence-electron chi connectivity index (χ4n) is 2.33. The lowest BCUT2D eigenvalue weighted by atomic mass is 10.1. The third-order valence-electron chi connectivity index (χ3n) is 3.62. The van der Waals surface area contributed by atoms with Crippen LogP contribution in [0.15, 0.2) is 36.4 Å². The molecule has 26 heavy (non-hydrogen) atoms. The zero-order valence-electron chi connectivity index (χ0n) is 14.7. The van der Waals surface area contributed by atoms with Crippen LogP contribution in [0.3, 0.4) is 0 Å². The van der Waals surface area contributed by atoms with Crippen molar-refractivity contribution in [1.29, 1.82) is 0 Å². The molecule has 0 atom stereocenters. The zero-order chi connectivity index (χ0) is 19.1. The number of rotatable bonds is 8. The van der Waals surface area contributed by atoms with E-state index in [9.17, 15) is 14.0 Å². The van der Waals surface area contributed by atoms with Gasteiger partial charge < -0.3 is 18.9 Å². The molecule has 0 saturated carbocycles. The van der Waals surface area contributed by atoms with E-state index in [1.807, 2.05) is 0 Å². The molecule has 0 bridgehead atoms. The first-order chi connectivity index (χ1) is 12.5. The van der Waals surface area contributed by atoms with Crippen LogP contribution in [0, 0.1) is 5.82 Å². The molecule has 0 aliphatic heterocycles. The van der Waals surface area contributed by atoms with E-state index in [0.717, 1.165) is 6.07 Å². The van der Waals surface area contributed by atoms with Crippen molar-refractivity contribution in [3.05, 3.63) is 53.3 Å². The fourth-order valence-corrected chi connectivity index (χ4v) is 2.33. The molecule has 0 radical (unpaired) electrons. The molecule has 7 heteroatoms. The summed E-state index contributed by atoms with van der Waals surface area (Å²) in [5.41, 5.74) is 0.662. The summed E-state index contributed by atoms with van der Waals surface area (Å²) in [5.74, 6) is -0.488. The number of ether oxygens (including phenoxy) is 4. The molecule has 0 aliphatic carbocycles. The highest BCUT2D eigenvalue weighted by molar-refractivity contribution is 6.00.